The molecular formula is C27H32F4N2O4. The molecule has 0 radical (unpaired) electrons. The average Bonchev–Trinajstić information content (AvgIpc) is 2.80. The zero-order chi connectivity index (χ0) is 26.6. The number of anilines is 1. The van der Waals surface area contributed by atoms with E-state index in [-0.39, 0.29) is 44.5 Å². The molecule has 2 aliphatic heterocycles. The molecule has 0 unspecified atom stereocenters. The number of nitrogens with zero attached hydrogens (tertiary/aromatic N) is 1. The van der Waals surface area contributed by atoms with E-state index in [9.17, 15) is 23.4 Å². The monoisotopic (exact) mass is 524 g/mol. The largest absolute Gasteiger partial charge is 0.492 e. The number of hydrogen-bond donors (Lipinski definition) is 3. The molecule has 2 fully saturated rings. The second kappa shape index (κ2) is 9.41. The molecule has 2 heterocycles. The van der Waals surface area contributed by atoms with Gasteiger partial charge in [0.2, 0.25) is 0 Å². The van der Waals surface area contributed by atoms with Crippen LogP contribution in [0.15, 0.2) is 36.4 Å². The molecule has 0 bridgehead atoms. The van der Waals surface area contributed by atoms with Crippen molar-refractivity contribution in [1.82, 2.24) is 5.32 Å². The number of piperidine rings is 1. The number of halogens is 4. The van der Waals surface area contributed by atoms with Crippen LogP contribution < -0.4 is 15.0 Å². The van der Waals surface area contributed by atoms with E-state index >= 15 is 4.39 Å². The molecule has 3 N–H and O–H groups in total. The lowest BCUT2D eigenvalue weighted by Crippen LogP contribution is -2.55. The molecule has 5 rings (SSSR count). The summed E-state index contributed by atoms with van der Waals surface area (Å²) in [5.41, 5.74) is -1.26. The van der Waals surface area contributed by atoms with E-state index in [1.54, 1.807) is 13.0 Å². The number of benzene rings is 2. The second-order valence-corrected chi connectivity index (χ2v) is 11.0. The Labute approximate surface area is 213 Å². The lowest BCUT2D eigenvalue weighted by molar-refractivity contribution is -0.137. The molecule has 0 spiro atoms. The first-order valence-electron chi connectivity index (χ1n) is 12.5. The summed E-state index contributed by atoms with van der Waals surface area (Å²) >= 11 is 0. The Morgan fingerprint density at radius 3 is 2.46 bits per heavy atom. The number of aliphatic hydroxyl groups is 2. The lowest BCUT2D eigenvalue weighted by Gasteiger charge is -2.49. The second-order valence-electron chi connectivity index (χ2n) is 11.0. The third-order valence-corrected chi connectivity index (χ3v) is 7.63. The summed E-state index contributed by atoms with van der Waals surface area (Å²) in [6.45, 7) is 4.30. The Kier molecular flexibility index (Phi) is 6.67. The summed E-state index contributed by atoms with van der Waals surface area (Å²) in [6, 6.07) is 7.28. The van der Waals surface area contributed by atoms with E-state index in [0.29, 0.717) is 41.8 Å². The van der Waals surface area contributed by atoms with Crippen LogP contribution in [0, 0.1) is 5.82 Å². The fourth-order valence-electron chi connectivity index (χ4n) is 5.95. The minimum atomic E-state index is -4.44. The van der Waals surface area contributed by atoms with Crippen molar-refractivity contribution in [1.29, 1.82) is 0 Å². The van der Waals surface area contributed by atoms with Gasteiger partial charge >= 0.3 is 6.18 Å². The molecule has 202 valence electrons. The minimum absolute atomic E-state index is 0.00567. The predicted molar refractivity (Wildman–Crippen MR) is 129 cm³/mol. The highest BCUT2D eigenvalue weighted by Crippen LogP contribution is 2.42. The minimum Gasteiger partial charge on any atom is -0.492 e. The number of hydrogen-bond acceptors (Lipinski definition) is 6. The Bertz CT molecular complexity index is 1130. The van der Waals surface area contributed by atoms with Gasteiger partial charge in [0.15, 0.2) is 5.82 Å². The molecule has 1 aliphatic carbocycles. The molecule has 10 heteroatoms. The molecule has 3 aliphatic rings. The van der Waals surface area contributed by atoms with Crippen LogP contribution in [0.4, 0.5) is 23.2 Å². The summed E-state index contributed by atoms with van der Waals surface area (Å²) in [4.78, 5) is 1.85. The highest BCUT2D eigenvalue weighted by atomic mass is 19.4. The van der Waals surface area contributed by atoms with E-state index < -0.39 is 28.8 Å². The Morgan fingerprint density at radius 2 is 1.81 bits per heavy atom. The molecular weight excluding hydrogens is 492 g/mol. The van der Waals surface area contributed by atoms with E-state index in [0.717, 1.165) is 12.1 Å². The van der Waals surface area contributed by atoms with Crippen LogP contribution in [0.5, 0.6) is 5.75 Å². The van der Waals surface area contributed by atoms with Crippen molar-refractivity contribution in [2.24, 2.45) is 0 Å². The summed E-state index contributed by atoms with van der Waals surface area (Å²) in [5, 5.41) is 24.8. The van der Waals surface area contributed by atoms with Crippen molar-refractivity contribution in [2.45, 2.75) is 81.6 Å². The SMILES string of the molecule is C[C@H]1C[C@@](O)(c2ccc(C(F)(F)F)cc2)C[C@@H](COc2cc(F)c3c(c2)COCN3C2CC(C)(O)C2)N1. The van der Waals surface area contributed by atoms with E-state index in [4.69, 9.17) is 9.47 Å². The van der Waals surface area contributed by atoms with Crippen molar-refractivity contribution >= 4 is 5.69 Å². The molecule has 2 aromatic rings. The van der Waals surface area contributed by atoms with Crippen LogP contribution in [0.2, 0.25) is 0 Å². The number of ether oxygens (including phenoxy) is 2. The van der Waals surface area contributed by atoms with Gasteiger partial charge in [-0.3, -0.25) is 0 Å². The first-order chi connectivity index (χ1) is 17.3. The van der Waals surface area contributed by atoms with Gasteiger partial charge in [-0.05, 0) is 63.3 Å². The van der Waals surface area contributed by atoms with Gasteiger partial charge in [0, 0.05) is 29.8 Å². The van der Waals surface area contributed by atoms with Crippen molar-refractivity contribution in [3.05, 3.63) is 58.9 Å². The average molecular weight is 525 g/mol. The Balaban J connectivity index is 1.27. The maximum Gasteiger partial charge on any atom is 0.416 e. The summed E-state index contributed by atoms with van der Waals surface area (Å²) in [6.07, 6.45) is -2.79. The molecule has 3 atom stereocenters. The Morgan fingerprint density at radius 1 is 1.11 bits per heavy atom. The number of alkyl halides is 3. The molecule has 0 aromatic heterocycles. The highest BCUT2D eigenvalue weighted by molar-refractivity contribution is 5.59. The smallest absolute Gasteiger partial charge is 0.416 e. The predicted octanol–water partition coefficient (Wildman–Crippen LogP) is 4.46. The number of fused-ring (bicyclic) bond motifs is 1. The number of rotatable bonds is 5. The van der Waals surface area contributed by atoms with Gasteiger partial charge in [-0.25, -0.2) is 4.39 Å². The van der Waals surface area contributed by atoms with Crippen molar-refractivity contribution < 1.29 is 37.2 Å². The molecule has 1 saturated carbocycles. The summed E-state index contributed by atoms with van der Waals surface area (Å²) in [7, 11) is 0. The molecule has 0 amide bonds. The van der Waals surface area contributed by atoms with Crippen molar-refractivity contribution in [2.75, 3.05) is 18.2 Å². The van der Waals surface area contributed by atoms with Gasteiger partial charge in [0.25, 0.3) is 0 Å². The lowest BCUT2D eigenvalue weighted by atomic mass is 9.76. The van der Waals surface area contributed by atoms with Crippen LogP contribution in [0.1, 0.15) is 56.2 Å². The van der Waals surface area contributed by atoms with Gasteiger partial charge < -0.3 is 29.9 Å². The van der Waals surface area contributed by atoms with Crippen molar-refractivity contribution in [3.8, 4) is 5.75 Å². The first kappa shape index (κ1) is 26.2. The fourth-order valence-corrected chi connectivity index (χ4v) is 5.95. The van der Waals surface area contributed by atoms with Crippen LogP contribution in [0.3, 0.4) is 0 Å². The zero-order valence-corrected chi connectivity index (χ0v) is 20.8. The highest BCUT2D eigenvalue weighted by Gasteiger charge is 2.44. The standard InChI is InChI=1S/C27H32F4N2O4/c1-16-9-26(35,18-3-5-19(6-4-18)27(29,30)31)10-20(32-16)14-37-22-7-17-13-36-15-33(24(17)23(28)8-22)21-11-25(2,34)12-21/h3-8,16,20-21,32,34-35H,9-15H2,1-2H3/t16-,20-,21?,25?,26-/m0/s1. The molecule has 1 saturated heterocycles. The zero-order valence-electron chi connectivity index (χ0n) is 20.8. The van der Waals surface area contributed by atoms with Crippen LogP contribution in [0.25, 0.3) is 0 Å². The van der Waals surface area contributed by atoms with E-state index in [1.807, 2.05) is 11.8 Å². The van der Waals surface area contributed by atoms with Gasteiger partial charge in [0.1, 0.15) is 19.1 Å². The van der Waals surface area contributed by atoms with Gasteiger partial charge in [-0.2, -0.15) is 13.2 Å². The quantitative estimate of drug-likeness (QED) is 0.502. The van der Waals surface area contributed by atoms with E-state index in [2.05, 4.69) is 5.32 Å². The third kappa shape index (κ3) is 5.43. The normalized spacial score (nSPS) is 32.0. The summed E-state index contributed by atoms with van der Waals surface area (Å²) < 4.78 is 65.7. The van der Waals surface area contributed by atoms with Crippen LogP contribution in [-0.4, -0.2) is 47.3 Å². The summed E-state index contributed by atoms with van der Waals surface area (Å²) in [5.74, 6) is -0.0889. The number of nitrogens with one attached hydrogen (secondary N) is 1. The first-order valence-corrected chi connectivity index (χ1v) is 12.5. The topological polar surface area (TPSA) is 74.2 Å². The molecule has 2 aromatic carbocycles. The van der Waals surface area contributed by atoms with Crippen LogP contribution >= 0.6 is 0 Å². The van der Waals surface area contributed by atoms with Crippen LogP contribution in [-0.2, 0) is 23.1 Å². The Hall–Kier alpha value is -2.40. The van der Waals surface area contributed by atoms with E-state index in [1.165, 1.54) is 18.2 Å². The third-order valence-electron chi connectivity index (χ3n) is 7.63. The van der Waals surface area contributed by atoms with Gasteiger partial charge in [0.05, 0.1) is 29.1 Å². The maximum atomic E-state index is 15.2. The van der Waals surface area contributed by atoms with Gasteiger partial charge in [-0.1, -0.05) is 12.1 Å². The maximum absolute atomic E-state index is 15.2. The fraction of sp³-hybridized carbons (Fsp3) is 0.556. The van der Waals surface area contributed by atoms with Crippen molar-refractivity contribution in [3.63, 3.8) is 0 Å². The molecule has 6 nitrogen and oxygen atoms in total. The van der Waals surface area contributed by atoms with Gasteiger partial charge in [-0.15, -0.1) is 0 Å². The molecule has 37 heavy (non-hydrogen) atoms.